The predicted molar refractivity (Wildman–Crippen MR) is 73.9 cm³/mol. The number of rotatable bonds is 2. The van der Waals surface area contributed by atoms with E-state index in [1.54, 1.807) is 11.3 Å². The van der Waals surface area contributed by atoms with Crippen LogP contribution < -0.4 is 0 Å². The second-order valence-corrected chi connectivity index (χ2v) is 6.99. The number of hydrogen-bond donors (Lipinski definition) is 0. The first-order chi connectivity index (χ1) is 7.97. The minimum atomic E-state index is -0.559. The molecule has 17 heavy (non-hydrogen) atoms. The van der Waals surface area contributed by atoms with E-state index in [-0.39, 0.29) is 4.83 Å². The summed E-state index contributed by atoms with van der Waals surface area (Å²) in [5, 5.41) is 0. The molecule has 1 atom stereocenters. The number of thiophene rings is 1. The van der Waals surface area contributed by atoms with Gasteiger partial charge in [0.05, 0.1) is 8.61 Å². The van der Waals surface area contributed by atoms with Crippen molar-refractivity contribution >= 4 is 43.2 Å². The maximum Gasteiger partial charge on any atom is 0.126 e. The van der Waals surface area contributed by atoms with Gasteiger partial charge in [-0.2, -0.15) is 0 Å². The monoisotopic (exact) mass is 380 g/mol. The Morgan fingerprint density at radius 2 is 1.71 bits per heavy atom. The molecule has 1 aromatic carbocycles. The lowest BCUT2D eigenvalue weighted by Gasteiger charge is -2.08. The Morgan fingerprint density at radius 1 is 1.12 bits per heavy atom. The summed E-state index contributed by atoms with van der Waals surface area (Å²) in [4.78, 5) is 0.821. The number of benzene rings is 1. The van der Waals surface area contributed by atoms with Crippen molar-refractivity contribution in [2.75, 3.05) is 0 Å². The van der Waals surface area contributed by atoms with Crippen molar-refractivity contribution in [2.45, 2.75) is 11.8 Å². The molecule has 5 heteroatoms. The Labute approximate surface area is 119 Å². The minimum absolute atomic E-state index is 0.192. The zero-order valence-electron chi connectivity index (χ0n) is 8.81. The zero-order chi connectivity index (χ0) is 12.6. The molecule has 0 bridgehead atoms. The van der Waals surface area contributed by atoms with Gasteiger partial charge in [-0.05, 0) is 52.2 Å². The van der Waals surface area contributed by atoms with Crippen molar-refractivity contribution in [2.24, 2.45) is 0 Å². The molecule has 0 saturated carbocycles. The fourth-order valence-corrected chi connectivity index (χ4v) is 3.75. The van der Waals surface area contributed by atoms with Crippen LogP contribution in [0.5, 0.6) is 0 Å². The van der Waals surface area contributed by atoms with Crippen LogP contribution in [0.3, 0.4) is 0 Å². The summed E-state index contributed by atoms with van der Waals surface area (Å²) >= 11 is 8.46. The van der Waals surface area contributed by atoms with Crippen molar-refractivity contribution in [3.05, 3.63) is 55.7 Å². The number of alkyl halides is 1. The van der Waals surface area contributed by atoms with Gasteiger partial charge in [-0.1, -0.05) is 15.9 Å². The molecule has 1 unspecified atom stereocenters. The van der Waals surface area contributed by atoms with Crippen LogP contribution in [0.2, 0.25) is 0 Å². The first-order valence-corrected chi connectivity index (χ1v) is 7.36. The van der Waals surface area contributed by atoms with Gasteiger partial charge >= 0.3 is 0 Å². The maximum atomic E-state index is 13.1. The van der Waals surface area contributed by atoms with E-state index in [1.165, 1.54) is 12.1 Å². The first kappa shape index (κ1) is 13.2. The smallest absolute Gasteiger partial charge is 0.126 e. The highest BCUT2D eigenvalue weighted by Crippen LogP contribution is 2.39. The van der Waals surface area contributed by atoms with Crippen LogP contribution in [0.1, 0.15) is 20.8 Å². The molecule has 1 aromatic heterocycles. The normalized spacial score (nSPS) is 12.8. The molecule has 2 rings (SSSR count). The van der Waals surface area contributed by atoms with Gasteiger partial charge in [0.15, 0.2) is 0 Å². The SMILES string of the molecule is Cc1cc(C(Br)c2cc(F)cc(F)c2)sc1Br. The van der Waals surface area contributed by atoms with Crippen molar-refractivity contribution in [3.8, 4) is 0 Å². The molecule has 0 radical (unpaired) electrons. The van der Waals surface area contributed by atoms with Crippen LogP contribution in [0.4, 0.5) is 8.78 Å². The Bertz CT molecular complexity index is 512. The van der Waals surface area contributed by atoms with Crippen molar-refractivity contribution in [3.63, 3.8) is 0 Å². The summed E-state index contributed by atoms with van der Waals surface area (Å²) in [6.45, 7) is 1.98. The average Bonchev–Trinajstić information content (AvgIpc) is 2.57. The first-order valence-electron chi connectivity index (χ1n) is 4.83. The van der Waals surface area contributed by atoms with E-state index in [4.69, 9.17) is 0 Å². The zero-order valence-corrected chi connectivity index (χ0v) is 12.8. The van der Waals surface area contributed by atoms with E-state index in [0.717, 1.165) is 20.3 Å². The molecule has 0 fully saturated rings. The molecule has 0 amide bonds. The molecule has 0 aliphatic carbocycles. The van der Waals surface area contributed by atoms with Crippen LogP contribution in [0.15, 0.2) is 28.1 Å². The van der Waals surface area contributed by atoms with Crippen molar-refractivity contribution in [1.82, 2.24) is 0 Å². The number of hydrogen-bond acceptors (Lipinski definition) is 1. The summed E-state index contributed by atoms with van der Waals surface area (Å²) in [6, 6.07) is 5.55. The summed E-state index contributed by atoms with van der Waals surface area (Å²) in [5.74, 6) is -1.12. The fourth-order valence-electron chi connectivity index (χ4n) is 1.49. The van der Waals surface area contributed by atoms with E-state index >= 15 is 0 Å². The quantitative estimate of drug-likeness (QED) is 0.595. The maximum absolute atomic E-state index is 13.1. The highest BCUT2D eigenvalue weighted by Gasteiger charge is 2.16. The Morgan fingerprint density at radius 3 is 2.18 bits per heavy atom. The summed E-state index contributed by atoms with van der Waals surface area (Å²) < 4.78 is 27.3. The van der Waals surface area contributed by atoms with Crippen LogP contribution in [0.25, 0.3) is 0 Å². The summed E-state index contributed by atoms with van der Waals surface area (Å²) in [6.07, 6.45) is 0. The number of aryl methyl sites for hydroxylation is 1. The van der Waals surface area contributed by atoms with E-state index < -0.39 is 11.6 Å². The van der Waals surface area contributed by atoms with Crippen LogP contribution in [-0.4, -0.2) is 0 Å². The van der Waals surface area contributed by atoms with Gasteiger partial charge in [0.2, 0.25) is 0 Å². The summed E-state index contributed by atoms with van der Waals surface area (Å²) in [5.41, 5.74) is 1.70. The fraction of sp³-hybridized carbons (Fsp3) is 0.167. The molecule has 0 saturated heterocycles. The minimum Gasteiger partial charge on any atom is -0.207 e. The highest BCUT2D eigenvalue weighted by molar-refractivity contribution is 9.11. The third-order valence-corrected chi connectivity index (χ3v) is 5.83. The summed E-state index contributed by atoms with van der Waals surface area (Å²) in [7, 11) is 0. The number of halogens is 4. The lowest BCUT2D eigenvalue weighted by molar-refractivity contribution is 0.580. The van der Waals surface area contributed by atoms with Crippen molar-refractivity contribution < 1.29 is 8.78 Å². The van der Waals surface area contributed by atoms with E-state index in [9.17, 15) is 8.78 Å². The van der Waals surface area contributed by atoms with Gasteiger partial charge in [-0.3, -0.25) is 0 Å². The largest absolute Gasteiger partial charge is 0.207 e. The third-order valence-electron chi connectivity index (χ3n) is 2.30. The van der Waals surface area contributed by atoms with E-state index in [2.05, 4.69) is 31.9 Å². The molecule has 0 aliphatic heterocycles. The van der Waals surface area contributed by atoms with Gasteiger partial charge in [0, 0.05) is 10.9 Å². The molecule has 90 valence electrons. The van der Waals surface area contributed by atoms with Gasteiger partial charge in [0.1, 0.15) is 11.6 Å². The average molecular weight is 382 g/mol. The van der Waals surface area contributed by atoms with Gasteiger partial charge in [-0.25, -0.2) is 8.78 Å². The standard InChI is InChI=1S/C12H8Br2F2S/c1-6-2-10(17-12(6)14)11(13)7-3-8(15)5-9(16)4-7/h2-5,11H,1H3. The van der Waals surface area contributed by atoms with Crippen LogP contribution >= 0.6 is 43.2 Å². The molecule has 0 nitrogen and oxygen atoms in total. The molecule has 2 aromatic rings. The van der Waals surface area contributed by atoms with Crippen LogP contribution in [-0.2, 0) is 0 Å². The Hall–Kier alpha value is -0.260. The second kappa shape index (κ2) is 5.16. The molecular formula is C12H8Br2F2S. The molecular weight excluding hydrogens is 374 g/mol. The molecule has 0 aliphatic rings. The van der Waals surface area contributed by atoms with Gasteiger partial charge < -0.3 is 0 Å². The van der Waals surface area contributed by atoms with Gasteiger partial charge in [-0.15, -0.1) is 11.3 Å². The highest BCUT2D eigenvalue weighted by atomic mass is 79.9. The Kier molecular flexibility index (Phi) is 4.00. The predicted octanol–water partition coefficient (Wildman–Crippen LogP) is 5.58. The van der Waals surface area contributed by atoms with Crippen molar-refractivity contribution in [1.29, 1.82) is 0 Å². The molecule has 0 N–H and O–H groups in total. The Balaban J connectivity index is 2.39. The van der Waals surface area contributed by atoms with E-state index in [0.29, 0.717) is 5.56 Å². The van der Waals surface area contributed by atoms with Gasteiger partial charge in [0.25, 0.3) is 0 Å². The van der Waals surface area contributed by atoms with Crippen LogP contribution in [0, 0.1) is 18.6 Å². The topological polar surface area (TPSA) is 0 Å². The lowest BCUT2D eigenvalue weighted by Crippen LogP contribution is -1.92. The molecule has 1 heterocycles. The third kappa shape index (κ3) is 2.95. The lowest BCUT2D eigenvalue weighted by atomic mass is 10.1. The second-order valence-electron chi connectivity index (χ2n) is 3.67. The van der Waals surface area contributed by atoms with E-state index in [1.807, 2.05) is 13.0 Å². The molecule has 0 spiro atoms.